The van der Waals surface area contributed by atoms with Gasteiger partial charge in [-0.3, -0.25) is 9.78 Å². The van der Waals surface area contributed by atoms with Crippen LogP contribution in [0.1, 0.15) is 17.9 Å². The largest absolute Gasteiger partial charge is 0.497 e. The van der Waals surface area contributed by atoms with Gasteiger partial charge < -0.3 is 14.5 Å². The summed E-state index contributed by atoms with van der Waals surface area (Å²) in [4.78, 5) is 16.1. The molecule has 134 valence electrons. The van der Waals surface area contributed by atoms with Crippen molar-refractivity contribution in [2.75, 3.05) is 13.7 Å². The highest BCUT2D eigenvalue weighted by Gasteiger charge is 2.09. The van der Waals surface area contributed by atoms with Gasteiger partial charge in [-0.2, -0.15) is 0 Å². The zero-order valence-electron chi connectivity index (χ0n) is 14.5. The summed E-state index contributed by atoms with van der Waals surface area (Å²) in [5.74, 6) is 1.65. The number of aromatic nitrogens is 3. The van der Waals surface area contributed by atoms with Crippen LogP contribution in [0, 0.1) is 0 Å². The van der Waals surface area contributed by atoms with Crippen molar-refractivity contribution >= 4 is 5.91 Å². The summed E-state index contributed by atoms with van der Waals surface area (Å²) in [7, 11) is 1.63. The molecule has 0 unspecified atom stereocenters. The first-order chi connectivity index (χ1) is 12.7. The summed E-state index contributed by atoms with van der Waals surface area (Å²) < 4.78 is 10.7. The molecule has 0 saturated carbocycles. The molecule has 1 N–H and O–H groups in total. The van der Waals surface area contributed by atoms with Crippen LogP contribution in [0.5, 0.6) is 5.75 Å². The summed E-state index contributed by atoms with van der Waals surface area (Å²) in [6.45, 7) is 0.450. The van der Waals surface area contributed by atoms with Crippen molar-refractivity contribution in [3.63, 3.8) is 0 Å². The minimum atomic E-state index is -0.00900. The van der Waals surface area contributed by atoms with Gasteiger partial charge >= 0.3 is 0 Å². The molecule has 7 nitrogen and oxygen atoms in total. The molecule has 26 heavy (non-hydrogen) atoms. The maximum absolute atomic E-state index is 11.9. The molecule has 2 aromatic heterocycles. The van der Waals surface area contributed by atoms with Crippen molar-refractivity contribution < 1.29 is 13.9 Å². The molecular weight excluding hydrogens is 332 g/mol. The Morgan fingerprint density at radius 1 is 1.12 bits per heavy atom. The Bertz CT molecular complexity index is 832. The van der Waals surface area contributed by atoms with E-state index in [1.165, 1.54) is 0 Å². The van der Waals surface area contributed by atoms with E-state index in [0.717, 1.165) is 11.3 Å². The lowest BCUT2D eigenvalue weighted by Gasteiger charge is -2.05. The molecule has 3 rings (SSSR count). The predicted molar refractivity (Wildman–Crippen MR) is 95.6 cm³/mol. The molecule has 0 bridgehead atoms. The van der Waals surface area contributed by atoms with Crippen molar-refractivity contribution in [3.05, 3.63) is 60.1 Å². The number of rotatable bonds is 8. The number of carbonyl (C=O) groups is 1. The molecule has 0 fully saturated rings. The van der Waals surface area contributed by atoms with Crippen molar-refractivity contribution in [2.45, 2.75) is 19.3 Å². The Labute approximate surface area is 151 Å². The fourth-order valence-electron chi connectivity index (χ4n) is 2.39. The van der Waals surface area contributed by atoms with Gasteiger partial charge in [0.25, 0.3) is 5.89 Å². The maximum atomic E-state index is 11.9. The molecule has 0 aliphatic rings. The Kier molecular flexibility index (Phi) is 5.92. The highest BCUT2D eigenvalue weighted by molar-refractivity contribution is 5.76. The predicted octanol–water partition coefficient (Wildman–Crippen LogP) is 2.43. The van der Waals surface area contributed by atoms with E-state index in [-0.39, 0.29) is 5.91 Å². The average molecular weight is 352 g/mol. The number of amides is 1. The van der Waals surface area contributed by atoms with E-state index in [2.05, 4.69) is 20.5 Å². The zero-order valence-corrected chi connectivity index (χ0v) is 14.5. The molecule has 0 spiro atoms. The number of methoxy groups -OCH3 is 1. The fourth-order valence-corrected chi connectivity index (χ4v) is 2.39. The van der Waals surface area contributed by atoms with Gasteiger partial charge in [-0.25, -0.2) is 0 Å². The topological polar surface area (TPSA) is 90.1 Å². The van der Waals surface area contributed by atoms with Crippen LogP contribution in [0.25, 0.3) is 11.6 Å². The SMILES string of the molecule is COc1ccc(CCC(=O)NCCc2nnc(-c3ccccn3)o2)cc1. The van der Waals surface area contributed by atoms with Gasteiger partial charge in [-0.15, -0.1) is 10.2 Å². The number of hydrogen-bond donors (Lipinski definition) is 1. The van der Waals surface area contributed by atoms with Gasteiger partial charge in [0.2, 0.25) is 11.8 Å². The van der Waals surface area contributed by atoms with E-state index in [4.69, 9.17) is 9.15 Å². The lowest BCUT2D eigenvalue weighted by atomic mass is 10.1. The molecule has 0 aliphatic heterocycles. The zero-order chi connectivity index (χ0) is 18.2. The van der Waals surface area contributed by atoms with Crippen LogP contribution in [0.3, 0.4) is 0 Å². The quantitative estimate of drug-likeness (QED) is 0.670. The third-order valence-corrected chi connectivity index (χ3v) is 3.81. The van der Waals surface area contributed by atoms with Crippen LogP contribution in [0.2, 0.25) is 0 Å². The number of benzene rings is 1. The molecule has 1 aromatic carbocycles. The highest BCUT2D eigenvalue weighted by Crippen LogP contribution is 2.14. The lowest BCUT2D eigenvalue weighted by molar-refractivity contribution is -0.121. The Morgan fingerprint density at radius 3 is 2.69 bits per heavy atom. The Balaban J connectivity index is 1.40. The smallest absolute Gasteiger partial charge is 0.266 e. The number of nitrogens with one attached hydrogen (secondary N) is 1. The monoisotopic (exact) mass is 352 g/mol. The van der Waals surface area contributed by atoms with Gasteiger partial charge in [0.05, 0.1) is 7.11 Å². The molecule has 0 saturated heterocycles. The molecule has 1 amide bonds. The third kappa shape index (κ3) is 4.89. The third-order valence-electron chi connectivity index (χ3n) is 3.81. The maximum Gasteiger partial charge on any atom is 0.266 e. The first-order valence-electron chi connectivity index (χ1n) is 8.38. The van der Waals surface area contributed by atoms with Gasteiger partial charge in [-0.1, -0.05) is 18.2 Å². The second-order valence-electron chi connectivity index (χ2n) is 5.66. The summed E-state index contributed by atoms with van der Waals surface area (Å²) in [6, 6.07) is 13.2. The average Bonchev–Trinajstić information content (AvgIpc) is 3.16. The normalized spacial score (nSPS) is 10.5. The number of nitrogens with zero attached hydrogens (tertiary/aromatic N) is 3. The minimum Gasteiger partial charge on any atom is -0.497 e. The molecular formula is C19H20N4O3. The lowest BCUT2D eigenvalue weighted by Crippen LogP contribution is -2.25. The van der Waals surface area contributed by atoms with E-state index in [0.29, 0.717) is 43.3 Å². The van der Waals surface area contributed by atoms with Crippen molar-refractivity contribution in [1.82, 2.24) is 20.5 Å². The number of carbonyl (C=O) groups excluding carboxylic acids is 1. The van der Waals surface area contributed by atoms with E-state index in [1.54, 1.807) is 19.4 Å². The molecule has 0 aliphatic carbocycles. The van der Waals surface area contributed by atoms with E-state index in [1.807, 2.05) is 36.4 Å². The highest BCUT2D eigenvalue weighted by atomic mass is 16.5. The van der Waals surface area contributed by atoms with Crippen molar-refractivity contribution in [3.8, 4) is 17.3 Å². The van der Waals surface area contributed by atoms with Crippen LogP contribution in [-0.2, 0) is 17.6 Å². The van der Waals surface area contributed by atoms with Crippen LogP contribution in [0.4, 0.5) is 0 Å². The van der Waals surface area contributed by atoms with Crippen LogP contribution in [0.15, 0.2) is 53.1 Å². The molecule has 0 radical (unpaired) electrons. The standard InChI is InChI=1S/C19H20N4O3/c1-25-15-8-5-14(6-9-15)7-10-17(24)21-13-11-18-22-23-19(26-18)16-4-2-3-12-20-16/h2-6,8-9,12H,7,10-11,13H2,1H3,(H,21,24). The van der Waals surface area contributed by atoms with E-state index < -0.39 is 0 Å². The van der Waals surface area contributed by atoms with Gasteiger partial charge in [0.15, 0.2) is 0 Å². The van der Waals surface area contributed by atoms with Gasteiger partial charge in [0, 0.05) is 25.6 Å². The Hall–Kier alpha value is -3.22. The Morgan fingerprint density at radius 2 is 1.96 bits per heavy atom. The first kappa shape index (κ1) is 17.6. The summed E-state index contributed by atoms with van der Waals surface area (Å²) in [5, 5.41) is 10.8. The number of pyridine rings is 1. The summed E-state index contributed by atoms with van der Waals surface area (Å²) >= 11 is 0. The number of hydrogen-bond acceptors (Lipinski definition) is 6. The van der Waals surface area contributed by atoms with Gasteiger partial charge in [0.1, 0.15) is 11.4 Å². The number of ether oxygens (including phenoxy) is 1. The second kappa shape index (κ2) is 8.75. The van der Waals surface area contributed by atoms with E-state index in [9.17, 15) is 4.79 Å². The molecule has 2 heterocycles. The second-order valence-corrected chi connectivity index (χ2v) is 5.66. The minimum absolute atomic E-state index is 0.00900. The molecule has 7 heteroatoms. The number of aryl methyl sites for hydroxylation is 1. The molecule has 0 atom stereocenters. The fraction of sp³-hybridized carbons (Fsp3) is 0.263. The van der Waals surface area contributed by atoms with Crippen molar-refractivity contribution in [2.24, 2.45) is 0 Å². The van der Waals surface area contributed by atoms with Crippen LogP contribution >= 0.6 is 0 Å². The molecule has 3 aromatic rings. The van der Waals surface area contributed by atoms with Crippen LogP contribution in [-0.4, -0.2) is 34.7 Å². The van der Waals surface area contributed by atoms with Gasteiger partial charge in [-0.05, 0) is 36.2 Å². The van der Waals surface area contributed by atoms with Crippen LogP contribution < -0.4 is 10.1 Å². The summed E-state index contributed by atoms with van der Waals surface area (Å²) in [5.41, 5.74) is 1.73. The van der Waals surface area contributed by atoms with E-state index >= 15 is 0 Å². The van der Waals surface area contributed by atoms with Crippen molar-refractivity contribution in [1.29, 1.82) is 0 Å². The summed E-state index contributed by atoms with van der Waals surface area (Å²) in [6.07, 6.45) is 3.26. The first-order valence-corrected chi connectivity index (χ1v) is 8.38.